The molecule has 0 fully saturated rings. The van der Waals surface area contributed by atoms with Crippen molar-refractivity contribution in [3.63, 3.8) is 0 Å². The molecule has 0 atom stereocenters. The third-order valence-electron chi connectivity index (χ3n) is 2.12. The van der Waals surface area contributed by atoms with Crippen molar-refractivity contribution in [2.24, 2.45) is 0 Å². The van der Waals surface area contributed by atoms with Crippen molar-refractivity contribution in [3.05, 3.63) is 40.7 Å². The second-order valence-corrected chi connectivity index (χ2v) is 3.79. The van der Waals surface area contributed by atoms with Gasteiger partial charge in [0.1, 0.15) is 6.33 Å². The quantitative estimate of drug-likeness (QED) is 0.844. The van der Waals surface area contributed by atoms with Crippen molar-refractivity contribution >= 4 is 17.5 Å². The van der Waals surface area contributed by atoms with E-state index >= 15 is 0 Å². The van der Waals surface area contributed by atoms with E-state index in [0.717, 1.165) is 16.1 Å². The molecule has 0 bridgehead atoms. The fourth-order valence-electron chi connectivity index (χ4n) is 1.38. The molecule has 78 valence electrons. The van der Waals surface area contributed by atoms with E-state index in [1.807, 2.05) is 25.1 Å². The number of aromatic nitrogens is 3. The lowest BCUT2D eigenvalue weighted by molar-refractivity contribution is 0.687. The van der Waals surface area contributed by atoms with E-state index in [1.54, 1.807) is 11.0 Å². The lowest BCUT2D eigenvalue weighted by Crippen LogP contribution is -2.01. The van der Waals surface area contributed by atoms with Gasteiger partial charge in [-0.3, -0.25) is 0 Å². The molecule has 0 spiro atoms. The second kappa shape index (κ2) is 3.90. The van der Waals surface area contributed by atoms with Crippen LogP contribution in [0.2, 0.25) is 5.02 Å². The van der Waals surface area contributed by atoms with Gasteiger partial charge in [-0.1, -0.05) is 23.7 Å². The number of rotatable bonds is 2. The van der Waals surface area contributed by atoms with Crippen LogP contribution in [0.25, 0.3) is 0 Å². The topological polar surface area (TPSA) is 56.7 Å². The standard InChI is InChI=1S/C10H11ClN4/c1-7-4-8(2-3-9(7)11)5-15-6-13-10(12)14-15/h2-4,6H,5H2,1H3,(H2,12,14). The highest BCUT2D eigenvalue weighted by molar-refractivity contribution is 6.31. The van der Waals surface area contributed by atoms with Crippen molar-refractivity contribution in [2.45, 2.75) is 13.5 Å². The summed E-state index contributed by atoms with van der Waals surface area (Å²) in [7, 11) is 0. The second-order valence-electron chi connectivity index (χ2n) is 3.38. The molecule has 0 unspecified atom stereocenters. The van der Waals surface area contributed by atoms with Gasteiger partial charge in [-0.05, 0) is 24.1 Å². The van der Waals surface area contributed by atoms with Crippen molar-refractivity contribution in [3.8, 4) is 0 Å². The van der Waals surface area contributed by atoms with E-state index in [2.05, 4.69) is 10.1 Å². The fraction of sp³-hybridized carbons (Fsp3) is 0.200. The molecule has 15 heavy (non-hydrogen) atoms. The number of hydrogen-bond acceptors (Lipinski definition) is 3. The smallest absolute Gasteiger partial charge is 0.239 e. The third-order valence-corrected chi connectivity index (χ3v) is 2.55. The number of hydrogen-bond donors (Lipinski definition) is 1. The van der Waals surface area contributed by atoms with Crippen LogP contribution in [0.15, 0.2) is 24.5 Å². The fourth-order valence-corrected chi connectivity index (χ4v) is 1.49. The Morgan fingerprint density at radius 1 is 1.47 bits per heavy atom. The summed E-state index contributed by atoms with van der Waals surface area (Å²) in [6.45, 7) is 2.63. The van der Waals surface area contributed by atoms with Crippen LogP contribution in [0.3, 0.4) is 0 Å². The normalized spacial score (nSPS) is 10.5. The van der Waals surface area contributed by atoms with Crippen LogP contribution in [-0.2, 0) is 6.54 Å². The van der Waals surface area contributed by atoms with E-state index in [0.29, 0.717) is 12.5 Å². The molecule has 4 nitrogen and oxygen atoms in total. The van der Waals surface area contributed by atoms with Gasteiger partial charge >= 0.3 is 0 Å². The zero-order valence-corrected chi connectivity index (χ0v) is 9.07. The minimum atomic E-state index is 0.292. The van der Waals surface area contributed by atoms with Gasteiger partial charge in [-0.25, -0.2) is 9.67 Å². The molecule has 0 amide bonds. The summed E-state index contributed by atoms with van der Waals surface area (Å²) in [6, 6.07) is 5.87. The van der Waals surface area contributed by atoms with Crippen LogP contribution >= 0.6 is 11.6 Å². The van der Waals surface area contributed by atoms with Gasteiger partial charge in [0.15, 0.2) is 0 Å². The highest BCUT2D eigenvalue weighted by atomic mass is 35.5. The van der Waals surface area contributed by atoms with Crippen molar-refractivity contribution in [2.75, 3.05) is 5.73 Å². The van der Waals surface area contributed by atoms with Crippen LogP contribution in [-0.4, -0.2) is 14.8 Å². The number of anilines is 1. The summed E-state index contributed by atoms with van der Waals surface area (Å²) in [4.78, 5) is 3.86. The molecule has 0 aliphatic heterocycles. The zero-order chi connectivity index (χ0) is 10.8. The molecule has 0 radical (unpaired) electrons. The minimum absolute atomic E-state index is 0.292. The first-order chi connectivity index (χ1) is 7.15. The van der Waals surface area contributed by atoms with E-state index in [9.17, 15) is 0 Å². The molecule has 0 saturated carbocycles. The summed E-state index contributed by atoms with van der Waals surface area (Å²) in [5, 5.41) is 4.78. The molecule has 2 rings (SSSR count). The Labute approximate surface area is 92.7 Å². The molecule has 1 aromatic heterocycles. The SMILES string of the molecule is Cc1cc(Cn2cnc(N)n2)ccc1Cl. The number of nitrogens with zero attached hydrogens (tertiary/aromatic N) is 3. The Kier molecular flexibility index (Phi) is 2.60. The maximum absolute atomic E-state index is 5.93. The van der Waals surface area contributed by atoms with Gasteiger partial charge in [0.2, 0.25) is 5.95 Å². The summed E-state index contributed by atoms with van der Waals surface area (Å²) in [5.74, 6) is 0.292. The van der Waals surface area contributed by atoms with Crippen LogP contribution < -0.4 is 5.73 Å². The predicted octanol–water partition coefficient (Wildman–Crippen LogP) is 1.87. The van der Waals surface area contributed by atoms with Gasteiger partial charge < -0.3 is 5.73 Å². The Balaban J connectivity index is 2.21. The number of aryl methyl sites for hydroxylation is 1. The molecule has 2 N–H and O–H groups in total. The zero-order valence-electron chi connectivity index (χ0n) is 8.31. The average molecular weight is 223 g/mol. The van der Waals surface area contributed by atoms with Crippen LogP contribution in [0, 0.1) is 6.92 Å². The number of halogens is 1. The number of benzene rings is 1. The average Bonchev–Trinajstić information content (AvgIpc) is 2.58. The Hall–Kier alpha value is -1.55. The van der Waals surface area contributed by atoms with Gasteiger partial charge in [-0.15, -0.1) is 5.10 Å². The predicted molar refractivity (Wildman–Crippen MR) is 59.7 cm³/mol. The van der Waals surface area contributed by atoms with Crippen LogP contribution in [0.1, 0.15) is 11.1 Å². The monoisotopic (exact) mass is 222 g/mol. The molecular weight excluding hydrogens is 212 g/mol. The molecular formula is C10H11ClN4. The van der Waals surface area contributed by atoms with Crippen LogP contribution in [0.4, 0.5) is 5.95 Å². The van der Waals surface area contributed by atoms with E-state index in [4.69, 9.17) is 17.3 Å². The molecule has 5 heteroatoms. The summed E-state index contributed by atoms with van der Waals surface area (Å²) < 4.78 is 1.69. The third kappa shape index (κ3) is 2.27. The van der Waals surface area contributed by atoms with Crippen molar-refractivity contribution in [1.29, 1.82) is 0 Å². The van der Waals surface area contributed by atoms with E-state index < -0.39 is 0 Å². The number of nitrogens with two attached hydrogens (primary N) is 1. The molecule has 0 saturated heterocycles. The maximum atomic E-state index is 5.93. The molecule has 0 aliphatic rings. The largest absolute Gasteiger partial charge is 0.367 e. The Morgan fingerprint density at radius 3 is 2.87 bits per heavy atom. The van der Waals surface area contributed by atoms with Crippen molar-refractivity contribution in [1.82, 2.24) is 14.8 Å². The summed E-state index contributed by atoms with van der Waals surface area (Å²) in [5.41, 5.74) is 7.61. The molecule has 1 aromatic carbocycles. The van der Waals surface area contributed by atoms with Gasteiger partial charge in [0.05, 0.1) is 6.54 Å². The van der Waals surface area contributed by atoms with Gasteiger partial charge in [0, 0.05) is 5.02 Å². The van der Waals surface area contributed by atoms with E-state index in [1.165, 1.54) is 0 Å². The highest BCUT2D eigenvalue weighted by Crippen LogP contribution is 2.16. The molecule has 1 heterocycles. The molecule has 0 aliphatic carbocycles. The molecule has 2 aromatic rings. The van der Waals surface area contributed by atoms with Crippen LogP contribution in [0.5, 0.6) is 0 Å². The minimum Gasteiger partial charge on any atom is -0.367 e. The number of nitrogen functional groups attached to an aromatic ring is 1. The highest BCUT2D eigenvalue weighted by Gasteiger charge is 2.00. The van der Waals surface area contributed by atoms with E-state index in [-0.39, 0.29) is 0 Å². The maximum Gasteiger partial charge on any atom is 0.239 e. The summed E-state index contributed by atoms with van der Waals surface area (Å²) >= 11 is 5.93. The van der Waals surface area contributed by atoms with Crippen molar-refractivity contribution < 1.29 is 0 Å². The lowest BCUT2D eigenvalue weighted by Gasteiger charge is -2.03. The Morgan fingerprint density at radius 2 is 2.27 bits per heavy atom. The Bertz CT molecular complexity index is 478. The first-order valence-electron chi connectivity index (χ1n) is 4.55. The lowest BCUT2D eigenvalue weighted by atomic mass is 10.1. The summed E-state index contributed by atoms with van der Waals surface area (Å²) in [6.07, 6.45) is 1.61. The van der Waals surface area contributed by atoms with Gasteiger partial charge in [-0.2, -0.15) is 0 Å². The van der Waals surface area contributed by atoms with Gasteiger partial charge in [0.25, 0.3) is 0 Å². The first kappa shape index (κ1) is 9.98. The first-order valence-corrected chi connectivity index (χ1v) is 4.93.